The van der Waals surface area contributed by atoms with Crippen LogP contribution in [0, 0.1) is 0 Å². The summed E-state index contributed by atoms with van der Waals surface area (Å²) in [4.78, 5) is 2.47. The molecule has 2 saturated heterocycles. The summed E-state index contributed by atoms with van der Waals surface area (Å²) in [6.07, 6.45) is 1.67. The molecule has 0 atom stereocenters. The molecule has 0 spiro atoms. The quantitative estimate of drug-likeness (QED) is 0.905. The van der Waals surface area contributed by atoms with E-state index in [9.17, 15) is 18.3 Å². The Hall–Kier alpha value is -1.41. The molecule has 1 N–H and O–H groups in total. The number of halogens is 3. The van der Waals surface area contributed by atoms with Gasteiger partial charge in [0.15, 0.2) is 5.69 Å². The summed E-state index contributed by atoms with van der Waals surface area (Å²) < 4.78 is 40.4. The van der Waals surface area contributed by atoms with Crippen LogP contribution in [0.4, 0.5) is 13.2 Å². The van der Waals surface area contributed by atoms with Crippen LogP contribution >= 0.6 is 0 Å². The number of nitrogens with zero attached hydrogens (tertiary/aromatic N) is 3. The first kappa shape index (κ1) is 17.0. The predicted octanol–water partition coefficient (Wildman–Crippen LogP) is 2.11. The third-order valence-electron chi connectivity index (χ3n) is 4.26. The van der Waals surface area contributed by atoms with E-state index in [1.807, 2.05) is 0 Å². The fourth-order valence-corrected chi connectivity index (χ4v) is 3.08. The van der Waals surface area contributed by atoms with E-state index in [1.54, 1.807) is 0 Å². The number of hydrogen-bond donors (Lipinski definition) is 1. The molecular weight excluding hydrogens is 299 g/mol. The van der Waals surface area contributed by atoms with Gasteiger partial charge in [0.25, 0.3) is 0 Å². The number of aliphatic hydroxyl groups is 1. The number of hydrogen-bond acceptors (Lipinski definition) is 5. The Kier molecular flexibility index (Phi) is 5.23. The fraction of sp³-hybridized carbons (Fsp3) is 0.714. The van der Waals surface area contributed by atoms with Crippen LogP contribution in [0.1, 0.15) is 31.4 Å². The van der Waals surface area contributed by atoms with Gasteiger partial charge >= 0.3 is 6.18 Å². The Labute approximate surface area is 127 Å². The van der Waals surface area contributed by atoms with E-state index in [2.05, 4.69) is 19.8 Å². The lowest BCUT2D eigenvalue weighted by atomic mass is 9.96. The van der Waals surface area contributed by atoms with E-state index in [0.717, 1.165) is 12.3 Å². The molecule has 0 bridgehead atoms. The van der Waals surface area contributed by atoms with E-state index in [4.69, 9.17) is 0 Å². The highest BCUT2D eigenvalue weighted by molar-refractivity contribution is 5.20. The normalized spacial score (nSPS) is 20.2. The highest BCUT2D eigenvalue weighted by Crippen LogP contribution is 2.37. The van der Waals surface area contributed by atoms with Crippen molar-refractivity contribution in [2.75, 3.05) is 26.8 Å². The zero-order valence-electron chi connectivity index (χ0n) is 12.4. The number of aliphatic hydroxyl groups excluding tert-OH is 1. The molecule has 3 rings (SSSR count). The molecule has 0 radical (unpaired) electrons. The standard InChI is InChI=1S/C8H15NO.C6H5F3N2O/c10-7-8-3-1-5-9(8)6-2-4-8;1-12-4-2-5(6(7,8)9)11-10-3-4/h10H,1-7H2;2-3H,1H3. The smallest absolute Gasteiger partial charge is 0.435 e. The van der Waals surface area contributed by atoms with Crippen molar-refractivity contribution in [3.05, 3.63) is 18.0 Å². The van der Waals surface area contributed by atoms with E-state index in [1.165, 1.54) is 45.9 Å². The Morgan fingerprint density at radius 1 is 1.32 bits per heavy atom. The monoisotopic (exact) mass is 319 g/mol. The number of rotatable bonds is 2. The second-order valence-electron chi connectivity index (χ2n) is 5.56. The van der Waals surface area contributed by atoms with Gasteiger partial charge in [-0.15, -0.1) is 5.10 Å². The van der Waals surface area contributed by atoms with Gasteiger partial charge in [-0.05, 0) is 38.8 Å². The lowest BCUT2D eigenvalue weighted by Gasteiger charge is -2.29. The molecule has 22 heavy (non-hydrogen) atoms. The molecular formula is C14H20F3N3O2. The summed E-state index contributed by atoms with van der Waals surface area (Å²) >= 11 is 0. The molecule has 2 aliphatic heterocycles. The van der Waals surface area contributed by atoms with Crippen LogP contribution in [-0.2, 0) is 6.18 Å². The third kappa shape index (κ3) is 3.67. The van der Waals surface area contributed by atoms with Crippen molar-refractivity contribution in [2.45, 2.75) is 37.4 Å². The zero-order valence-corrected chi connectivity index (χ0v) is 12.4. The molecule has 2 aliphatic rings. The second-order valence-corrected chi connectivity index (χ2v) is 5.56. The van der Waals surface area contributed by atoms with E-state index in [0.29, 0.717) is 6.61 Å². The van der Waals surface area contributed by atoms with Crippen molar-refractivity contribution in [3.63, 3.8) is 0 Å². The van der Waals surface area contributed by atoms with Gasteiger partial charge in [0.2, 0.25) is 0 Å². The van der Waals surface area contributed by atoms with Crippen LogP contribution in [0.3, 0.4) is 0 Å². The van der Waals surface area contributed by atoms with Crippen molar-refractivity contribution < 1.29 is 23.0 Å². The van der Waals surface area contributed by atoms with Crippen LogP contribution in [0.5, 0.6) is 5.75 Å². The van der Waals surface area contributed by atoms with Crippen LogP contribution < -0.4 is 4.74 Å². The Morgan fingerprint density at radius 3 is 2.41 bits per heavy atom. The molecule has 1 aromatic rings. The van der Waals surface area contributed by atoms with E-state index in [-0.39, 0.29) is 11.3 Å². The maximum atomic E-state index is 11.9. The molecule has 0 aromatic carbocycles. The first-order valence-electron chi connectivity index (χ1n) is 7.21. The lowest BCUT2D eigenvalue weighted by molar-refractivity contribution is -0.141. The van der Waals surface area contributed by atoms with E-state index < -0.39 is 11.9 Å². The molecule has 2 fully saturated rings. The van der Waals surface area contributed by atoms with Gasteiger partial charge < -0.3 is 9.84 Å². The van der Waals surface area contributed by atoms with Crippen molar-refractivity contribution in [1.29, 1.82) is 0 Å². The molecule has 1 aromatic heterocycles. The first-order chi connectivity index (χ1) is 10.4. The molecule has 8 heteroatoms. The number of methoxy groups -OCH3 is 1. The van der Waals surface area contributed by atoms with Gasteiger partial charge in [0, 0.05) is 11.6 Å². The second kappa shape index (κ2) is 6.78. The SMILES string of the molecule is COc1cnnc(C(F)(F)F)c1.OCC12CCCN1CCC2. The molecule has 0 amide bonds. The minimum Gasteiger partial charge on any atom is -0.495 e. The minimum absolute atomic E-state index is 0.0392. The summed E-state index contributed by atoms with van der Waals surface area (Å²) in [6.45, 7) is 2.83. The average Bonchev–Trinajstić information content (AvgIpc) is 3.07. The van der Waals surface area contributed by atoms with Crippen molar-refractivity contribution >= 4 is 0 Å². The predicted molar refractivity (Wildman–Crippen MR) is 73.4 cm³/mol. The summed E-state index contributed by atoms with van der Waals surface area (Å²) in [5, 5.41) is 15.2. The van der Waals surface area contributed by atoms with Crippen LogP contribution in [-0.4, -0.2) is 52.5 Å². The van der Waals surface area contributed by atoms with Gasteiger partial charge in [-0.25, -0.2) is 0 Å². The topological polar surface area (TPSA) is 58.5 Å². The lowest BCUT2D eigenvalue weighted by Crippen LogP contribution is -2.41. The van der Waals surface area contributed by atoms with Crippen LogP contribution in [0.2, 0.25) is 0 Å². The van der Waals surface area contributed by atoms with Gasteiger partial charge in [-0.2, -0.15) is 18.3 Å². The van der Waals surface area contributed by atoms with Gasteiger partial charge in [0.1, 0.15) is 5.75 Å². The third-order valence-corrected chi connectivity index (χ3v) is 4.26. The number of fused-ring (bicyclic) bond motifs is 1. The van der Waals surface area contributed by atoms with Gasteiger partial charge in [-0.3, -0.25) is 4.90 Å². The number of alkyl halides is 3. The van der Waals surface area contributed by atoms with Crippen molar-refractivity contribution in [1.82, 2.24) is 15.1 Å². The average molecular weight is 319 g/mol. The van der Waals surface area contributed by atoms with Crippen LogP contribution in [0.15, 0.2) is 12.3 Å². The summed E-state index contributed by atoms with van der Waals surface area (Å²) in [5.74, 6) is 0.0392. The largest absolute Gasteiger partial charge is 0.495 e. The summed E-state index contributed by atoms with van der Waals surface area (Å²) in [6, 6.07) is 0.785. The molecule has 0 aliphatic carbocycles. The van der Waals surface area contributed by atoms with Gasteiger partial charge in [0.05, 0.1) is 19.9 Å². The Bertz CT molecular complexity index is 486. The summed E-state index contributed by atoms with van der Waals surface area (Å²) in [5.41, 5.74) is -0.818. The molecule has 0 saturated carbocycles. The maximum Gasteiger partial charge on any atom is 0.435 e. The zero-order chi connectivity index (χ0) is 16.2. The molecule has 3 heterocycles. The van der Waals surface area contributed by atoms with E-state index >= 15 is 0 Å². The Balaban J connectivity index is 0.000000162. The number of aromatic nitrogens is 2. The van der Waals surface area contributed by atoms with Crippen molar-refractivity contribution in [2.24, 2.45) is 0 Å². The minimum atomic E-state index is -4.47. The Morgan fingerprint density at radius 2 is 1.95 bits per heavy atom. The highest BCUT2D eigenvalue weighted by Gasteiger charge is 2.43. The van der Waals surface area contributed by atoms with Crippen LogP contribution in [0.25, 0.3) is 0 Å². The van der Waals surface area contributed by atoms with Gasteiger partial charge in [-0.1, -0.05) is 0 Å². The summed E-state index contributed by atoms with van der Waals surface area (Å²) in [7, 11) is 1.26. The fourth-order valence-electron chi connectivity index (χ4n) is 3.08. The first-order valence-corrected chi connectivity index (χ1v) is 7.21. The highest BCUT2D eigenvalue weighted by atomic mass is 19.4. The molecule has 124 valence electrons. The maximum absolute atomic E-state index is 11.9. The number of ether oxygens (including phenoxy) is 1. The molecule has 5 nitrogen and oxygen atoms in total. The molecule has 0 unspecified atom stereocenters. The van der Waals surface area contributed by atoms with Crippen molar-refractivity contribution in [3.8, 4) is 5.75 Å².